The normalized spacial score (nSPS) is 11.7. The average Bonchev–Trinajstić information content (AvgIpc) is 2.53. The third-order valence-corrected chi connectivity index (χ3v) is 3.93. The molecule has 0 unspecified atom stereocenters. The highest BCUT2D eigenvalue weighted by Crippen LogP contribution is 2.31. The van der Waals surface area contributed by atoms with E-state index in [2.05, 4.69) is 4.74 Å². The van der Waals surface area contributed by atoms with Gasteiger partial charge in [0.15, 0.2) is 0 Å². The van der Waals surface area contributed by atoms with Crippen molar-refractivity contribution in [3.05, 3.63) is 66.0 Å². The Morgan fingerprint density at radius 3 is 2.28 bits per heavy atom. The number of fused-ring (bicyclic) bond motifs is 1. The molecule has 5 heteroatoms. The van der Waals surface area contributed by atoms with E-state index in [0.717, 1.165) is 18.4 Å². The van der Waals surface area contributed by atoms with E-state index >= 15 is 0 Å². The zero-order valence-electron chi connectivity index (χ0n) is 13.5. The largest absolute Gasteiger partial charge is 0.573 e. The van der Waals surface area contributed by atoms with Crippen LogP contribution < -0.4 is 4.74 Å². The van der Waals surface area contributed by atoms with E-state index in [9.17, 15) is 17.6 Å². The molecular weight excluding hydrogens is 332 g/mol. The SMILES string of the molecule is CCCc1ccc(-c2ccc3cc(OC(F)(F)F)ccc3c2)c(F)c1. The molecule has 0 amide bonds. The van der Waals surface area contributed by atoms with Crippen molar-refractivity contribution < 1.29 is 22.3 Å². The Labute approximate surface area is 142 Å². The Morgan fingerprint density at radius 2 is 1.60 bits per heavy atom. The minimum Gasteiger partial charge on any atom is -0.406 e. The van der Waals surface area contributed by atoms with E-state index in [1.165, 1.54) is 24.3 Å². The highest BCUT2D eigenvalue weighted by molar-refractivity contribution is 5.88. The second-order valence-electron chi connectivity index (χ2n) is 5.84. The average molecular weight is 348 g/mol. The van der Waals surface area contributed by atoms with Gasteiger partial charge < -0.3 is 4.74 Å². The molecule has 0 N–H and O–H groups in total. The van der Waals surface area contributed by atoms with Crippen LogP contribution >= 0.6 is 0 Å². The van der Waals surface area contributed by atoms with Crippen LogP contribution in [0, 0.1) is 5.82 Å². The van der Waals surface area contributed by atoms with Crippen molar-refractivity contribution in [1.29, 1.82) is 0 Å². The molecular formula is C20H16F4O. The van der Waals surface area contributed by atoms with Gasteiger partial charge in [-0.2, -0.15) is 0 Å². The summed E-state index contributed by atoms with van der Waals surface area (Å²) in [4.78, 5) is 0. The van der Waals surface area contributed by atoms with Crippen LogP contribution in [0.4, 0.5) is 17.6 Å². The van der Waals surface area contributed by atoms with E-state index in [1.807, 2.05) is 13.0 Å². The van der Waals surface area contributed by atoms with Gasteiger partial charge in [-0.05, 0) is 52.6 Å². The summed E-state index contributed by atoms with van der Waals surface area (Å²) in [5.41, 5.74) is 2.09. The molecule has 25 heavy (non-hydrogen) atoms. The molecule has 0 atom stereocenters. The first-order valence-corrected chi connectivity index (χ1v) is 7.94. The Morgan fingerprint density at radius 1 is 0.880 bits per heavy atom. The van der Waals surface area contributed by atoms with Gasteiger partial charge in [-0.1, -0.05) is 43.7 Å². The van der Waals surface area contributed by atoms with Crippen molar-refractivity contribution >= 4 is 10.8 Å². The molecule has 0 saturated heterocycles. The summed E-state index contributed by atoms with van der Waals surface area (Å²) in [7, 11) is 0. The van der Waals surface area contributed by atoms with Gasteiger partial charge in [-0.3, -0.25) is 0 Å². The van der Waals surface area contributed by atoms with Gasteiger partial charge in [0.2, 0.25) is 0 Å². The summed E-state index contributed by atoms with van der Waals surface area (Å²) in [6.45, 7) is 2.03. The van der Waals surface area contributed by atoms with Crippen molar-refractivity contribution in [1.82, 2.24) is 0 Å². The first-order chi connectivity index (χ1) is 11.9. The van der Waals surface area contributed by atoms with Crippen molar-refractivity contribution in [2.75, 3.05) is 0 Å². The van der Waals surface area contributed by atoms with Crippen LogP contribution in [-0.4, -0.2) is 6.36 Å². The van der Waals surface area contributed by atoms with Crippen LogP contribution in [0.15, 0.2) is 54.6 Å². The molecule has 3 rings (SSSR count). The molecule has 3 aromatic rings. The highest BCUT2D eigenvalue weighted by Gasteiger charge is 2.31. The maximum Gasteiger partial charge on any atom is 0.573 e. The molecule has 0 aliphatic heterocycles. The zero-order valence-corrected chi connectivity index (χ0v) is 13.5. The van der Waals surface area contributed by atoms with Gasteiger partial charge in [-0.15, -0.1) is 13.2 Å². The van der Waals surface area contributed by atoms with E-state index in [0.29, 0.717) is 21.9 Å². The molecule has 130 valence electrons. The Hall–Kier alpha value is -2.56. The molecule has 0 fully saturated rings. The molecule has 0 aliphatic carbocycles. The minimum atomic E-state index is -4.73. The fourth-order valence-corrected chi connectivity index (χ4v) is 2.83. The number of hydrogen-bond acceptors (Lipinski definition) is 1. The van der Waals surface area contributed by atoms with Crippen LogP contribution in [-0.2, 0) is 6.42 Å². The molecule has 0 saturated carbocycles. The van der Waals surface area contributed by atoms with Crippen molar-refractivity contribution in [3.8, 4) is 16.9 Å². The van der Waals surface area contributed by atoms with E-state index < -0.39 is 6.36 Å². The monoisotopic (exact) mass is 348 g/mol. The Balaban J connectivity index is 1.95. The summed E-state index contributed by atoms with van der Waals surface area (Å²) >= 11 is 0. The molecule has 0 aromatic heterocycles. The van der Waals surface area contributed by atoms with Crippen LogP contribution in [0.5, 0.6) is 5.75 Å². The third-order valence-electron chi connectivity index (χ3n) is 3.93. The second kappa shape index (κ2) is 6.75. The third kappa shape index (κ3) is 4.10. The molecule has 0 spiro atoms. The highest BCUT2D eigenvalue weighted by atomic mass is 19.4. The number of alkyl halides is 3. The number of hydrogen-bond donors (Lipinski definition) is 0. The maximum absolute atomic E-state index is 14.4. The van der Waals surface area contributed by atoms with Gasteiger partial charge in [0.25, 0.3) is 0 Å². The second-order valence-corrected chi connectivity index (χ2v) is 5.84. The van der Waals surface area contributed by atoms with Crippen LogP contribution in [0.1, 0.15) is 18.9 Å². The zero-order chi connectivity index (χ0) is 18.0. The number of aryl methyl sites for hydroxylation is 1. The summed E-state index contributed by atoms with van der Waals surface area (Å²) < 4.78 is 55.2. The quantitative estimate of drug-likeness (QED) is 0.489. The van der Waals surface area contributed by atoms with E-state index in [-0.39, 0.29) is 11.6 Å². The van der Waals surface area contributed by atoms with Gasteiger partial charge in [0, 0.05) is 5.56 Å². The first kappa shape index (κ1) is 17.3. The van der Waals surface area contributed by atoms with Gasteiger partial charge >= 0.3 is 6.36 Å². The topological polar surface area (TPSA) is 9.23 Å². The number of ether oxygens (including phenoxy) is 1. The van der Waals surface area contributed by atoms with Crippen LogP contribution in [0.25, 0.3) is 21.9 Å². The standard InChI is InChI=1S/C20H16F4O/c1-2-3-13-4-9-18(19(21)10-13)16-6-5-15-12-17(25-20(22,23)24)8-7-14(15)11-16/h4-12H,2-3H2,1H3. The van der Waals surface area contributed by atoms with Crippen molar-refractivity contribution in [3.63, 3.8) is 0 Å². The molecule has 0 aliphatic rings. The number of benzene rings is 3. The fraction of sp³-hybridized carbons (Fsp3) is 0.200. The molecule has 0 radical (unpaired) electrons. The first-order valence-electron chi connectivity index (χ1n) is 7.94. The molecule has 0 bridgehead atoms. The molecule has 3 aromatic carbocycles. The van der Waals surface area contributed by atoms with Gasteiger partial charge in [0.1, 0.15) is 11.6 Å². The summed E-state index contributed by atoms with van der Waals surface area (Å²) in [6.07, 6.45) is -2.97. The lowest BCUT2D eigenvalue weighted by atomic mass is 9.98. The maximum atomic E-state index is 14.4. The summed E-state index contributed by atoms with van der Waals surface area (Å²) in [5.74, 6) is -0.579. The molecule has 1 nitrogen and oxygen atoms in total. The number of halogens is 4. The van der Waals surface area contributed by atoms with Gasteiger partial charge in [-0.25, -0.2) is 4.39 Å². The Kier molecular flexibility index (Phi) is 4.66. The summed E-state index contributed by atoms with van der Waals surface area (Å²) in [6, 6.07) is 14.4. The number of rotatable bonds is 4. The van der Waals surface area contributed by atoms with Crippen LogP contribution in [0.2, 0.25) is 0 Å². The minimum absolute atomic E-state index is 0.275. The lowest BCUT2D eigenvalue weighted by Crippen LogP contribution is -2.16. The smallest absolute Gasteiger partial charge is 0.406 e. The molecule has 0 heterocycles. The van der Waals surface area contributed by atoms with E-state index in [1.54, 1.807) is 24.3 Å². The predicted octanol–water partition coefficient (Wildman–Crippen LogP) is 6.50. The Bertz CT molecular complexity index is 900. The lowest BCUT2D eigenvalue weighted by molar-refractivity contribution is -0.274. The fourth-order valence-electron chi connectivity index (χ4n) is 2.83. The van der Waals surface area contributed by atoms with Gasteiger partial charge in [0.05, 0.1) is 0 Å². The summed E-state index contributed by atoms with van der Waals surface area (Å²) in [5, 5.41) is 1.30. The predicted molar refractivity (Wildman–Crippen MR) is 90.0 cm³/mol. The van der Waals surface area contributed by atoms with Crippen molar-refractivity contribution in [2.45, 2.75) is 26.1 Å². The van der Waals surface area contributed by atoms with E-state index in [4.69, 9.17) is 0 Å². The van der Waals surface area contributed by atoms with Crippen LogP contribution in [0.3, 0.4) is 0 Å². The lowest BCUT2D eigenvalue weighted by Gasteiger charge is -2.11. The van der Waals surface area contributed by atoms with Crippen molar-refractivity contribution in [2.24, 2.45) is 0 Å².